The van der Waals surface area contributed by atoms with Crippen molar-refractivity contribution in [3.63, 3.8) is 0 Å². The van der Waals surface area contributed by atoms with Crippen molar-refractivity contribution in [3.05, 3.63) is 59.0 Å². The van der Waals surface area contributed by atoms with E-state index < -0.39 is 56.7 Å². The van der Waals surface area contributed by atoms with E-state index in [1.807, 2.05) is 0 Å². The van der Waals surface area contributed by atoms with E-state index in [0.29, 0.717) is 25.3 Å². The largest absolute Gasteiger partial charge is 0.416 e. The topological polar surface area (TPSA) is 110 Å². The molecule has 0 radical (unpaired) electrons. The average molecular weight is 526 g/mol. The molecule has 3 aliphatic rings. The smallest absolute Gasteiger partial charge is 0.368 e. The number of nitrogens with two attached hydrogens (primary N) is 1. The lowest BCUT2D eigenvalue weighted by Crippen LogP contribution is -2.53. The van der Waals surface area contributed by atoms with Crippen molar-refractivity contribution in [2.24, 2.45) is 17.6 Å². The number of likely N-dealkylation sites (tertiary alicyclic amines) is 1. The van der Waals surface area contributed by atoms with E-state index in [1.54, 1.807) is 0 Å². The second-order valence-corrected chi connectivity index (χ2v) is 11.9. The summed E-state index contributed by atoms with van der Waals surface area (Å²) in [4.78, 5) is 31.3. The molecule has 2 aromatic rings. The maximum Gasteiger partial charge on any atom is 0.416 e. The number of nitrogens with zero attached hydrogens (tertiary/aromatic N) is 2. The van der Waals surface area contributed by atoms with Gasteiger partial charge in [-0.2, -0.15) is 13.2 Å². The number of pyridine rings is 1. The molecule has 1 saturated heterocycles. The van der Waals surface area contributed by atoms with E-state index in [4.69, 9.17) is 5.73 Å². The normalized spacial score (nSPS) is 26.4. The summed E-state index contributed by atoms with van der Waals surface area (Å²) >= 11 is 0. The summed E-state index contributed by atoms with van der Waals surface area (Å²) in [5.74, 6) is -3.19. The second kappa shape index (κ2) is 7.99. The zero-order valence-corrected chi connectivity index (χ0v) is 19.9. The number of carbonyl (C=O) groups is 2. The van der Waals surface area contributed by atoms with Gasteiger partial charge in [-0.25, -0.2) is 17.8 Å². The Kier molecular flexibility index (Phi) is 5.47. The molecule has 0 bridgehead atoms. The van der Waals surface area contributed by atoms with Gasteiger partial charge >= 0.3 is 6.18 Å². The van der Waals surface area contributed by atoms with Crippen LogP contribution in [0.15, 0.2) is 41.6 Å². The molecule has 2 saturated carbocycles. The third-order valence-corrected chi connectivity index (χ3v) is 8.59. The van der Waals surface area contributed by atoms with Crippen LogP contribution in [0.5, 0.6) is 0 Å². The summed E-state index contributed by atoms with van der Waals surface area (Å²) in [7, 11) is -3.61. The molecular formula is C24H23F4N3O4S. The number of fused-ring (bicyclic) bond motifs is 1. The Morgan fingerprint density at radius 2 is 1.89 bits per heavy atom. The van der Waals surface area contributed by atoms with E-state index in [1.165, 1.54) is 17.0 Å². The molecule has 3 unspecified atom stereocenters. The second-order valence-electron chi connectivity index (χ2n) is 9.93. The lowest BCUT2D eigenvalue weighted by atomic mass is 9.82. The fourth-order valence-electron chi connectivity index (χ4n) is 5.87. The lowest BCUT2D eigenvalue weighted by Gasteiger charge is -2.38. The summed E-state index contributed by atoms with van der Waals surface area (Å²) in [6.07, 6.45) is -0.470. The molecule has 0 spiro atoms. The van der Waals surface area contributed by atoms with Gasteiger partial charge in [0.2, 0.25) is 5.91 Å². The molecule has 36 heavy (non-hydrogen) atoms. The molecule has 1 aliphatic heterocycles. The first-order valence-corrected chi connectivity index (χ1v) is 13.3. The SMILES string of the molecule is CS(=O)(=O)c1ccc(C(=O)N2C(C(N)=O)CC3CC32[C@@H](c2ccc(C(F)(F)F)cc2F)C2CC2)cn1. The number of sulfone groups is 1. The van der Waals surface area contributed by atoms with Crippen LogP contribution in [0.3, 0.4) is 0 Å². The van der Waals surface area contributed by atoms with Gasteiger partial charge in [-0.3, -0.25) is 9.59 Å². The molecular weight excluding hydrogens is 502 g/mol. The number of aromatic nitrogens is 1. The number of hydrogen-bond donors (Lipinski definition) is 1. The first-order valence-electron chi connectivity index (χ1n) is 11.4. The summed E-state index contributed by atoms with van der Waals surface area (Å²) in [6, 6.07) is 3.93. The van der Waals surface area contributed by atoms with Crippen LogP contribution < -0.4 is 5.73 Å². The molecule has 12 heteroatoms. The van der Waals surface area contributed by atoms with E-state index in [9.17, 15) is 31.2 Å². The van der Waals surface area contributed by atoms with Gasteiger partial charge in [0.05, 0.1) is 16.7 Å². The monoisotopic (exact) mass is 525 g/mol. The molecule has 2 N–H and O–H groups in total. The van der Waals surface area contributed by atoms with Crippen LogP contribution in [-0.4, -0.2) is 48.0 Å². The third-order valence-electron chi connectivity index (χ3n) is 7.59. The van der Waals surface area contributed by atoms with Gasteiger partial charge in [0.25, 0.3) is 5.91 Å². The first-order chi connectivity index (χ1) is 16.7. The highest BCUT2D eigenvalue weighted by atomic mass is 32.2. The minimum Gasteiger partial charge on any atom is -0.368 e. The minimum absolute atomic E-state index is 0.0306. The van der Waals surface area contributed by atoms with Gasteiger partial charge in [-0.05, 0) is 67.3 Å². The van der Waals surface area contributed by atoms with Crippen molar-refractivity contribution in [2.75, 3.05) is 6.26 Å². The molecule has 1 aromatic carbocycles. The van der Waals surface area contributed by atoms with Gasteiger partial charge in [-0.1, -0.05) is 6.07 Å². The minimum atomic E-state index is -4.70. The van der Waals surface area contributed by atoms with Crippen LogP contribution in [0.1, 0.15) is 53.1 Å². The van der Waals surface area contributed by atoms with E-state index in [2.05, 4.69) is 4.98 Å². The molecule has 2 heterocycles. The number of benzene rings is 1. The molecule has 2 amide bonds. The van der Waals surface area contributed by atoms with Crippen LogP contribution in [0.4, 0.5) is 17.6 Å². The van der Waals surface area contributed by atoms with Crippen LogP contribution in [0.25, 0.3) is 0 Å². The Bertz CT molecular complexity index is 1360. The van der Waals surface area contributed by atoms with Crippen LogP contribution in [0, 0.1) is 17.7 Å². The molecule has 192 valence electrons. The van der Waals surface area contributed by atoms with Crippen molar-refractivity contribution < 1.29 is 35.6 Å². The highest BCUT2D eigenvalue weighted by molar-refractivity contribution is 7.90. The molecule has 4 atom stereocenters. The number of halogens is 4. The molecule has 2 aliphatic carbocycles. The number of carbonyl (C=O) groups excluding carboxylic acids is 2. The zero-order chi connectivity index (χ0) is 26.2. The van der Waals surface area contributed by atoms with Crippen molar-refractivity contribution in [2.45, 2.75) is 54.4 Å². The first kappa shape index (κ1) is 24.7. The number of rotatable bonds is 6. The van der Waals surface area contributed by atoms with Crippen molar-refractivity contribution in [1.29, 1.82) is 0 Å². The quantitative estimate of drug-likeness (QED) is 0.582. The standard InChI is InChI=1S/C24H23F4N3O4S/c1-36(34,35)19-7-4-13(11-30-19)22(33)31-18(21(29)32)9-15-10-23(15,31)20(12-2-3-12)16-6-5-14(8-17(16)25)24(26,27)28/h4-8,11-12,15,18,20H,2-3,9-10H2,1H3,(H2,29,32)/t15?,18?,20-,23?/m1/s1. The molecule has 7 nitrogen and oxygen atoms in total. The van der Waals surface area contributed by atoms with E-state index >= 15 is 4.39 Å². The Hall–Kier alpha value is -3.02. The maximum atomic E-state index is 15.2. The summed E-state index contributed by atoms with van der Waals surface area (Å²) in [6.45, 7) is 0. The Balaban J connectivity index is 1.57. The lowest BCUT2D eigenvalue weighted by molar-refractivity contribution is -0.137. The highest BCUT2D eigenvalue weighted by Crippen LogP contribution is 2.69. The number of amides is 2. The Labute approximate surface area is 204 Å². The van der Waals surface area contributed by atoms with Gasteiger partial charge in [-0.15, -0.1) is 0 Å². The Morgan fingerprint density at radius 3 is 2.39 bits per heavy atom. The molecule has 1 aromatic heterocycles. The third kappa shape index (κ3) is 3.95. The van der Waals surface area contributed by atoms with Gasteiger partial charge in [0, 0.05) is 18.4 Å². The number of piperidine rings is 1. The van der Waals surface area contributed by atoms with Crippen LogP contribution >= 0.6 is 0 Å². The number of primary amides is 1. The van der Waals surface area contributed by atoms with Gasteiger partial charge in [0.1, 0.15) is 11.9 Å². The fraction of sp³-hybridized carbons (Fsp3) is 0.458. The average Bonchev–Trinajstić information content (AvgIpc) is 3.71. The summed E-state index contributed by atoms with van der Waals surface area (Å²) in [5, 5.41) is -0.228. The van der Waals surface area contributed by atoms with Gasteiger partial charge in [0.15, 0.2) is 14.9 Å². The van der Waals surface area contributed by atoms with Gasteiger partial charge < -0.3 is 10.6 Å². The van der Waals surface area contributed by atoms with Crippen molar-refractivity contribution >= 4 is 21.7 Å². The zero-order valence-electron chi connectivity index (χ0n) is 19.1. The summed E-state index contributed by atoms with van der Waals surface area (Å²) < 4.78 is 78.1. The number of hydrogen-bond acceptors (Lipinski definition) is 5. The molecule has 3 fully saturated rings. The summed E-state index contributed by atoms with van der Waals surface area (Å²) in [5.41, 5.74) is 3.66. The highest BCUT2D eigenvalue weighted by Gasteiger charge is 2.73. The van der Waals surface area contributed by atoms with Crippen LogP contribution in [0.2, 0.25) is 0 Å². The predicted molar refractivity (Wildman–Crippen MR) is 119 cm³/mol. The van der Waals surface area contributed by atoms with E-state index in [0.717, 1.165) is 24.6 Å². The van der Waals surface area contributed by atoms with E-state index in [-0.39, 0.29) is 34.4 Å². The van der Waals surface area contributed by atoms with Crippen molar-refractivity contribution in [1.82, 2.24) is 9.88 Å². The number of alkyl halides is 3. The predicted octanol–water partition coefficient (Wildman–Crippen LogP) is 3.30. The van der Waals surface area contributed by atoms with Crippen LogP contribution in [-0.2, 0) is 20.8 Å². The molecule has 5 rings (SSSR count). The van der Waals surface area contributed by atoms with Crippen molar-refractivity contribution in [3.8, 4) is 0 Å². The maximum absolute atomic E-state index is 15.2. The fourth-order valence-corrected chi connectivity index (χ4v) is 6.43. The Morgan fingerprint density at radius 1 is 1.19 bits per heavy atom.